The first-order chi connectivity index (χ1) is 10.3. The van der Waals surface area contributed by atoms with E-state index < -0.39 is 0 Å². The summed E-state index contributed by atoms with van der Waals surface area (Å²) in [6, 6.07) is 17.6. The maximum Gasteiger partial charge on any atom is 0.221 e. The molecule has 0 spiro atoms. The van der Waals surface area contributed by atoms with Crippen LogP contribution in [0.1, 0.15) is 17.5 Å². The second-order valence-electron chi connectivity index (χ2n) is 4.78. The molecule has 0 heterocycles. The third-order valence-electron chi connectivity index (χ3n) is 3.13. The average molecular weight is 303 g/mol. The molecular weight excluding hydrogens is 284 g/mol. The molecule has 4 heteroatoms. The Morgan fingerprint density at radius 3 is 2.43 bits per heavy atom. The highest BCUT2D eigenvalue weighted by Crippen LogP contribution is 2.14. The first-order valence-corrected chi connectivity index (χ1v) is 7.38. The van der Waals surface area contributed by atoms with Crippen LogP contribution in [-0.2, 0) is 17.9 Å². The molecule has 3 nitrogen and oxygen atoms in total. The first kappa shape index (κ1) is 15.5. The molecule has 0 aliphatic heterocycles. The van der Waals surface area contributed by atoms with E-state index >= 15 is 0 Å². The Morgan fingerprint density at radius 2 is 1.67 bits per heavy atom. The predicted molar refractivity (Wildman–Crippen MR) is 86.1 cm³/mol. The van der Waals surface area contributed by atoms with Crippen LogP contribution in [0.2, 0.25) is 5.02 Å². The van der Waals surface area contributed by atoms with Gasteiger partial charge in [-0.2, -0.15) is 0 Å². The van der Waals surface area contributed by atoms with Crippen LogP contribution in [0.25, 0.3) is 0 Å². The lowest BCUT2D eigenvalue weighted by molar-refractivity contribution is -0.121. The Kier molecular flexibility index (Phi) is 6.25. The number of rotatable bonds is 7. The van der Waals surface area contributed by atoms with Crippen molar-refractivity contribution in [1.82, 2.24) is 10.6 Å². The molecule has 2 rings (SSSR count). The van der Waals surface area contributed by atoms with Crippen LogP contribution >= 0.6 is 11.6 Å². The van der Waals surface area contributed by atoms with Crippen LogP contribution in [0.4, 0.5) is 0 Å². The molecule has 0 bridgehead atoms. The van der Waals surface area contributed by atoms with Crippen molar-refractivity contribution < 1.29 is 4.79 Å². The van der Waals surface area contributed by atoms with Crippen molar-refractivity contribution in [3.05, 3.63) is 70.7 Å². The van der Waals surface area contributed by atoms with Gasteiger partial charge in [0.05, 0.1) is 0 Å². The number of halogens is 1. The molecule has 0 saturated carbocycles. The summed E-state index contributed by atoms with van der Waals surface area (Å²) in [5.74, 6) is 0.0468. The minimum Gasteiger partial charge on any atom is -0.352 e. The maximum absolute atomic E-state index is 11.7. The van der Waals surface area contributed by atoms with Crippen LogP contribution in [0.5, 0.6) is 0 Å². The molecule has 0 aromatic heterocycles. The largest absolute Gasteiger partial charge is 0.352 e. The second-order valence-corrected chi connectivity index (χ2v) is 5.19. The van der Waals surface area contributed by atoms with E-state index in [0.717, 1.165) is 16.1 Å². The van der Waals surface area contributed by atoms with Gasteiger partial charge in [-0.25, -0.2) is 0 Å². The van der Waals surface area contributed by atoms with Crippen LogP contribution in [-0.4, -0.2) is 12.5 Å². The van der Waals surface area contributed by atoms with Crippen LogP contribution < -0.4 is 10.6 Å². The Balaban J connectivity index is 1.62. The van der Waals surface area contributed by atoms with Crippen molar-refractivity contribution in [2.75, 3.05) is 6.54 Å². The highest BCUT2D eigenvalue weighted by atomic mass is 35.5. The molecule has 2 aromatic carbocycles. The molecule has 0 saturated heterocycles. The summed E-state index contributed by atoms with van der Waals surface area (Å²) in [6.07, 6.45) is 0.456. The number of amides is 1. The van der Waals surface area contributed by atoms with Crippen molar-refractivity contribution in [3.63, 3.8) is 0 Å². The summed E-state index contributed by atoms with van der Waals surface area (Å²) in [6.45, 7) is 1.88. The number of carbonyl (C=O) groups is 1. The van der Waals surface area contributed by atoms with Gasteiger partial charge in [-0.15, -0.1) is 0 Å². The van der Waals surface area contributed by atoms with E-state index in [9.17, 15) is 4.79 Å². The zero-order chi connectivity index (χ0) is 14.9. The average Bonchev–Trinajstić information content (AvgIpc) is 2.52. The standard InChI is InChI=1S/C17H19ClN2O/c18-16-9-5-4-8-15(16)13-19-11-10-17(21)20-12-14-6-2-1-3-7-14/h1-9,19H,10-13H2,(H,20,21). The Morgan fingerprint density at radius 1 is 0.952 bits per heavy atom. The summed E-state index contributed by atoms with van der Waals surface area (Å²) in [4.78, 5) is 11.7. The lowest BCUT2D eigenvalue weighted by atomic mass is 10.2. The fraction of sp³-hybridized carbons (Fsp3) is 0.235. The minimum absolute atomic E-state index is 0.0468. The molecule has 0 atom stereocenters. The van der Waals surface area contributed by atoms with Gasteiger partial charge in [-0.05, 0) is 17.2 Å². The normalized spacial score (nSPS) is 10.3. The third kappa shape index (κ3) is 5.58. The van der Waals surface area contributed by atoms with Gasteiger partial charge in [0, 0.05) is 31.1 Å². The number of benzene rings is 2. The summed E-state index contributed by atoms with van der Waals surface area (Å²) >= 11 is 6.06. The van der Waals surface area contributed by atoms with E-state index in [4.69, 9.17) is 11.6 Å². The lowest BCUT2D eigenvalue weighted by Crippen LogP contribution is -2.27. The van der Waals surface area contributed by atoms with Gasteiger partial charge in [0.2, 0.25) is 5.91 Å². The first-order valence-electron chi connectivity index (χ1n) is 7.00. The van der Waals surface area contributed by atoms with Crippen LogP contribution in [0.3, 0.4) is 0 Å². The third-order valence-corrected chi connectivity index (χ3v) is 3.50. The van der Waals surface area contributed by atoms with Crippen molar-refractivity contribution in [3.8, 4) is 0 Å². The fourth-order valence-corrected chi connectivity index (χ4v) is 2.15. The zero-order valence-corrected chi connectivity index (χ0v) is 12.6. The highest BCUT2D eigenvalue weighted by Gasteiger charge is 2.02. The van der Waals surface area contributed by atoms with Gasteiger partial charge in [-0.1, -0.05) is 60.1 Å². The molecule has 0 aliphatic carbocycles. The number of hydrogen-bond donors (Lipinski definition) is 2. The number of carbonyl (C=O) groups excluding carboxylic acids is 1. The smallest absolute Gasteiger partial charge is 0.221 e. The molecule has 110 valence electrons. The topological polar surface area (TPSA) is 41.1 Å². The monoisotopic (exact) mass is 302 g/mol. The SMILES string of the molecule is O=C(CCNCc1ccccc1Cl)NCc1ccccc1. The van der Waals surface area contributed by atoms with E-state index in [1.165, 1.54) is 0 Å². The molecule has 2 aromatic rings. The number of nitrogens with one attached hydrogen (secondary N) is 2. The van der Waals surface area contributed by atoms with Gasteiger partial charge in [-0.3, -0.25) is 4.79 Å². The Hall–Kier alpha value is -1.84. The van der Waals surface area contributed by atoms with E-state index in [1.807, 2.05) is 54.6 Å². The fourth-order valence-electron chi connectivity index (χ4n) is 1.95. The maximum atomic E-state index is 11.7. The van der Waals surface area contributed by atoms with Crippen LogP contribution in [0, 0.1) is 0 Å². The summed E-state index contributed by atoms with van der Waals surface area (Å²) in [5.41, 5.74) is 2.15. The number of hydrogen-bond acceptors (Lipinski definition) is 2. The van der Waals surface area contributed by atoms with Crippen molar-refractivity contribution in [2.24, 2.45) is 0 Å². The van der Waals surface area contributed by atoms with Gasteiger partial charge in [0.1, 0.15) is 0 Å². The summed E-state index contributed by atoms with van der Waals surface area (Å²) in [5, 5.41) is 6.88. The molecule has 0 unspecified atom stereocenters. The van der Waals surface area contributed by atoms with Crippen LogP contribution in [0.15, 0.2) is 54.6 Å². The van der Waals surface area contributed by atoms with E-state index in [2.05, 4.69) is 10.6 Å². The van der Waals surface area contributed by atoms with Gasteiger partial charge >= 0.3 is 0 Å². The Bertz CT molecular complexity index is 572. The van der Waals surface area contributed by atoms with Crippen molar-refractivity contribution in [2.45, 2.75) is 19.5 Å². The van der Waals surface area contributed by atoms with Gasteiger partial charge < -0.3 is 10.6 Å². The van der Waals surface area contributed by atoms with Gasteiger partial charge in [0.15, 0.2) is 0 Å². The van der Waals surface area contributed by atoms with Crippen molar-refractivity contribution >= 4 is 17.5 Å². The predicted octanol–water partition coefficient (Wildman–Crippen LogP) is 3.14. The van der Waals surface area contributed by atoms with E-state index in [1.54, 1.807) is 0 Å². The molecule has 0 aliphatic rings. The minimum atomic E-state index is 0.0468. The highest BCUT2D eigenvalue weighted by molar-refractivity contribution is 6.31. The molecule has 1 amide bonds. The molecule has 0 fully saturated rings. The molecule has 2 N–H and O–H groups in total. The van der Waals surface area contributed by atoms with E-state index in [0.29, 0.717) is 26.1 Å². The lowest BCUT2D eigenvalue weighted by Gasteiger charge is -2.07. The second kappa shape index (κ2) is 8.45. The van der Waals surface area contributed by atoms with E-state index in [-0.39, 0.29) is 5.91 Å². The quantitative estimate of drug-likeness (QED) is 0.772. The molecule has 0 radical (unpaired) electrons. The van der Waals surface area contributed by atoms with Crippen molar-refractivity contribution in [1.29, 1.82) is 0 Å². The summed E-state index contributed by atoms with van der Waals surface area (Å²) in [7, 11) is 0. The summed E-state index contributed by atoms with van der Waals surface area (Å²) < 4.78 is 0. The Labute approximate surface area is 130 Å². The zero-order valence-electron chi connectivity index (χ0n) is 11.8. The van der Waals surface area contributed by atoms with Gasteiger partial charge in [0.25, 0.3) is 0 Å². The molecule has 21 heavy (non-hydrogen) atoms. The molecular formula is C17H19ClN2O.